The maximum absolute atomic E-state index is 11.8. The quantitative estimate of drug-likeness (QED) is 0.754. The summed E-state index contributed by atoms with van der Waals surface area (Å²) in [5.74, 6) is -0.760. The molecule has 0 aromatic heterocycles. The Morgan fingerprint density at radius 1 is 1.16 bits per heavy atom. The van der Waals surface area contributed by atoms with Crippen molar-refractivity contribution in [2.24, 2.45) is 0 Å². The van der Waals surface area contributed by atoms with Crippen molar-refractivity contribution in [3.63, 3.8) is 0 Å². The molecule has 0 bridgehead atoms. The lowest BCUT2D eigenvalue weighted by atomic mass is 10.0. The molecule has 0 atom stereocenters. The minimum Gasteiger partial charge on any atom is -0.466 e. The lowest BCUT2D eigenvalue weighted by Crippen LogP contribution is -2.11. The van der Waals surface area contributed by atoms with Gasteiger partial charge in [0.05, 0.1) is 23.8 Å². The number of hydrogen-bond acceptors (Lipinski definition) is 4. The number of aryl methyl sites for hydroxylation is 1. The van der Waals surface area contributed by atoms with Crippen molar-refractivity contribution < 1.29 is 19.1 Å². The number of halogens is 1. The van der Waals surface area contributed by atoms with E-state index in [9.17, 15) is 9.59 Å². The molecule has 0 aliphatic rings. The van der Waals surface area contributed by atoms with Crippen LogP contribution in [0.25, 0.3) is 0 Å². The summed E-state index contributed by atoms with van der Waals surface area (Å²) in [5, 5.41) is 0.333. The Hall–Kier alpha value is -1.55. The average molecular weight is 285 g/mol. The van der Waals surface area contributed by atoms with Crippen LogP contribution in [0.4, 0.5) is 0 Å². The van der Waals surface area contributed by atoms with Crippen LogP contribution in [0.2, 0.25) is 5.02 Å². The molecule has 0 radical (unpaired) electrons. The highest BCUT2D eigenvalue weighted by Gasteiger charge is 2.17. The predicted octanol–water partition coefficient (Wildman–Crippen LogP) is 3.01. The van der Waals surface area contributed by atoms with Gasteiger partial charge in [0, 0.05) is 6.42 Å². The standard InChI is InChI=1S/C14H17ClO4/c1-3-18-12(16)9-8-10-6-5-7-11(15)13(10)14(17)19-4-2/h5-7H,3-4,8-9H2,1-2H3. The van der Waals surface area contributed by atoms with Gasteiger partial charge in [0.2, 0.25) is 0 Å². The van der Waals surface area contributed by atoms with Crippen LogP contribution in [0, 0.1) is 0 Å². The van der Waals surface area contributed by atoms with Crippen molar-refractivity contribution in [2.45, 2.75) is 26.7 Å². The Morgan fingerprint density at radius 2 is 1.84 bits per heavy atom. The highest BCUT2D eigenvalue weighted by atomic mass is 35.5. The fourth-order valence-electron chi connectivity index (χ4n) is 1.68. The Bertz CT molecular complexity index is 457. The van der Waals surface area contributed by atoms with Gasteiger partial charge >= 0.3 is 11.9 Å². The Labute approximate surface area is 117 Å². The van der Waals surface area contributed by atoms with E-state index < -0.39 is 5.97 Å². The van der Waals surface area contributed by atoms with Gasteiger partial charge in [0.1, 0.15) is 0 Å². The maximum Gasteiger partial charge on any atom is 0.339 e. The molecule has 0 amide bonds. The second kappa shape index (κ2) is 7.79. The first-order valence-corrected chi connectivity index (χ1v) is 6.58. The summed E-state index contributed by atoms with van der Waals surface area (Å²) in [4.78, 5) is 23.2. The smallest absolute Gasteiger partial charge is 0.339 e. The number of hydrogen-bond donors (Lipinski definition) is 0. The molecule has 0 fully saturated rings. The largest absolute Gasteiger partial charge is 0.466 e. The van der Waals surface area contributed by atoms with Crippen molar-refractivity contribution in [1.82, 2.24) is 0 Å². The monoisotopic (exact) mass is 284 g/mol. The molecule has 0 saturated carbocycles. The van der Waals surface area contributed by atoms with Crippen LogP contribution < -0.4 is 0 Å². The van der Waals surface area contributed by atoms with Crippen LogP contribution >= 0.6 is 11.6 Å². The van der Waals surface area contributed by atoms with Crippen LogP contribution in [0.3, 0.4) is 0 Å². The minimum atomic E-state index is -0.466. The summed E-state index contributed by atoms with van der Waals surface area (Å²) >= 11 is 6.02. The van der Waals surface area contributed by atoms with E-state index in [2.05, 4.69) is 0 Å². The average Bonchev–Trinajstić information content (AvgIpc) is 2.37. The lowest BCUT2D eigenvalue weighted by Gasteiger charge is -2.10. The summed E-state index contributed by atoms with van der Waals surface area (Å²) < 4.78 is 9.82. The van der Waals surface area contributed by atoms with E-state index >= 15 is 0 Å². The van der Waals surface area contributed by atoms with E-state index in [1.54, 1.807) is 32.0 Å². The fraction of sp³-hybridized carbons (Fsp3) is 0.429. The van der Waals surface area contributed by atoms with Gasteiger partial charge in [-0.1, -0.05) is 23.7 Å². The van der Waals surface area contributed by atoms with Gasteiger partial charge in [-0.05, 0) is 31.9 Å². The first-order chi connectivity index (χ1) is 9.10. The number of ether oxygens (including phenoxy) is 2. The molecule has 1 aromatic carbocycles. The van der Waals surface area contributed by atoms with E-state index in [1.807, 2.05) is 0 Å². The van der Waals surface area contributed by atoms with Crippen LogP contribution in [0.5, 0.6) is 0 Å². The normalized spacial score (nSPS) is 10.1. The van der Waals surface area contributed by atoms with Gasteiger partial charge in [0.15, 0.2) is 0 Å². The van der Waals surface area contributed by atoms with Gasteiger partial charge in [-0.3, -0.25) is 4.79 Å². The van der Waals surface area contributed by atoms with E-state index in [0.29, 0.717) is 29.2 Å². The van der Waals surface area contributed by atoms with E-state index in [4.69, 9.17) is 21.1 Å². The molecule has 0 unspecified atom stereocenters. The third kappa shape index (κ3) is 4.56. The molecule has 1 aromatic rings. The van der Waals surface area contributed by atoms with Crippen molar-refractivity contribution in [2.75, 3.05) is 13.2 Å². The van der Waals surface area contributed by atoms with Gasteiger partial charge in [-0.25, -0.2) is 4.79 Å². The topological polar surface area (TPSA) is 52.6 Å². The van der Waals surface area contributed by atoms with E-state index in [-0.39, 0.29) is 19.0 Å². The first-order valence-electron chi connectivity index (χ1n) is 6.20. The zero-order valence-corrected chi connectivity index (χ0v) is 11.8. The third-order valence-electron chi connectivity index (χ3n) is 2.48. The van der Waals surface area contributed by atoms with Crippen molar-refractivity contribution >= 4 is 23.5 Å². The number of benzene rings is 1. The molecule has 1 rings (SSSR count). The van der Waals surface area contributed by atoms with Crippen molar-refractivity contribution in [1.29, 1.82) is 0 Å². The summed E-state index contributed by atoms with van der Waals surface area (Å²) in [6, 6.07) is 5.13. The highest BCUT2D eigenvalue weighted by Crippen LogP contribution is 2.22. The first kappa shape index (κ1) is 15.5. The highest BCUT2D eigenvalue weighted by molar-refractivity contribution is 6.33. The second-order valence-corrected chi connectivity index (χ2v) is 4.21. The fourth-order valence-corrected chi connectivity index (χ4v) is 1.95. The zero-order valence-electron chi connectivity index (χ0n) is 11.1. The molecule has 0 aliphatic heterocycles. The molecule has 0 heterocycles. The molecular formula is C14H17ClO4. The van der Waals surface area contributed by atoms with E-state index in [1.165, 1.54) is 0 Å². The summed E-state index contributed by atoms with van der Waals surface area (Å²) in [6.45, 7) is 4.11. The minimum absolute atomic E-state index is 0.209. The SMILES string of the molecule is CCOC(=O)CCc1cccc(Cl)c1C(=O)OCC. The number of rotatable bonds is 6. The summed E-state index contributed by atoms with van der Waals surface area (Å²) in [7, 11) is 0. The van der Waals surface area contributed by atoms with Gasteiger partial charge in [-0.15, -0.1) is 0 Å². The molecular weight excluding hydrogens is 268 g/mol. The number of carbonyl (C=O) groups is 2. The van der Waals surface area contributed by atoms with Crippen molar-refractivity contribution in [3.8, 4) is 0 Å². The Morgan fingerprint density at radius 3 is 2.47 bits per heavy atom. The summed E-state index contributed by atoms with van der Waals surface area (Å²) in [6.07, 6.45) is 0.605. The second-order valence-electron chi connectivity index (χ2n) is 3.80. The Kier molecular flexibility index (Phi) is 6.36. The molecule has 0 aliphatic carbocycles. The Balaban J connectivity index is 2.85. The molecule has 0 spiro atoms. The van der Waals surface area contributed by atoms with Crippen LogP contribution in [0.1, 0.15) is 36.2 Å². The molecule has 104 valence electrons. The number of esters is 2. The summed E-state index contributed by atoms with van der Waals surface area (Å²) in [5.41, 5.74) is 1.02. The molecule has 19 heavy (non-hydrogen) atoms. The molecule has 4 nitrogen and oxygen atoms in total. The van der Waals surface area contributed by atoms with Gasteiger partial charge in [0.25, 0.3) is 0 Å². The van der Waals surface area contributed by atoms with Crippen LogP contribution in [0.15, 0.2) is 18.2 Å². The zero-order chi connectivity index (χ0) is 14.3. The van der Waals surface area contributed by atoms with E-state index in [0.717, 1.165) is 0 Å². The van der Waals surface area contributed by atoms with Gasteiger partial charge in [-0.2, -0.15) is 0 Å². The lowest BCUT2D eigenvalue weighted by molar-refractivity contribution is -0.143. The molecule has 5 heteroatoms. The molecule has 0 N–H and O–H groups in total. The van der Waals surface area contributed by atoms with Crippen molar-refractivity contribution in [3.05, 3.63) is 34.3 Å². The third-order valence-corrected chi connectivity index (χ3v) is 2.80. The maximum atomic E-state index is 11.8. The predicted molar refractivity (Wildman–Crippen MR) is 72.4 cm³/mol. The van der Waals surface area contributed by atoms with Crippen LogP contribution in [-0.2, 0) is 20.7 Å². The molecule has 0 saturated heterocycles. The van der Waals surface area contributed by atoms with Crippen LogP contribution in [-0.4, -0.2) is 25.2 Å². The number of carbonyl (C=O) groups excluding carboxylic acids is 2. The van der Waals surface area contributed by atoms with Gasteiger partial charge < -0.3 is 9.47 Å².